The van der Waals surface area contributed by atoms with Gasteiger partial charge in [-0.15, -0.1) is 11.3 Å². The molecule has 2 aromatic rings. The van der Waals surface area contributed by atoms with Crippen molar-refractivity contribution in [3.8, 4) is 0 Å². The van der Waals surface area contributed by atoms with Crippen LogP contribution in [0.2, 0.25) is 0 Å². The van der Waals surface area contributed by atoms with Crippen LogP contribution in [0.15, 0.2) is 35.8 Å². The molecule has 6 heteroatoms. The van der Waals surface area contributed by atoms with E-state index in [-0.39, 0.29) is 11.8 Å². The van der Waals surface area contributed by atoms with Gasteiger partial charge in [0.15, 0.2) is 0 Å². The molecule has 126 valence electrons. The summed E-state index contributed by atoms with van der Waals surface area (Å²) in [7, 11) is 0. The van der Waals surface area contributed by atoms with Gasteiger partial charge in [0.1, 0.15) is 0 Å². The zero-order chi connectivity index (χ0) is 16.9. The molecule has 0 N–H and O–H groups in total. The molecule has 0 aromatic carbocycles. The fraction of sp³-hybridized carbons (Fsp3) is 0.389. The maximum atomic E-state index is 12.6. The molecule has 1 aliphatic heterocycles. The minimum Gasteiger partial charge on any atom is -0.341 e. The van der Waals surface area contributed by atoms with E-state index in [9.17, 15) is 9.59 Å². The topological polar surface area (TPSA) is 53.5 Å². The molecule has 24 heavy (non-hydrogen) atoms. The lowest BCUT2D eigenvalue weighted by Crippen LogP contribution is -2.38. The van der Waals surface area contributed by atoms with Crippen molar-refractivity contribution in [2.45, 2.75) is 19.8 Å². The molecule has 5 nitrogen and oxygen atoms in total. The fourth-order valence-corrected chi connectivity index (χ4v) is 3.77. The van der Waals surface area contributed by atoms with Gasteiger partial charge in [-0.1, -0.05) is 6.07 Å². The molecule has 0 aliphatic carbocycles. The van der Waals surface area contributed by atoms with Gasteiger partial charge < -0.3 is 9.80 Å². The maximum Gasteiger partial charge on any atom is 0.264 e. The van der Waals surface area contributed by atoms with Crippen molar-refractivity contribution in [3.63, 3.8) is 0 Å². The van der Waals surface area contributed by atoms with E-state index >= 15 is 0 Å². The van der Waals surface area contributed by atoms with E-state index < -0.39 is 0 Å². The first-order chi connectivity index (χ1) is 11.6. The molecule has 0 spiro atoms. The molecule has 0 bridgehead atoms. The molecule has 1 aliphatic rings. The molecule has 3 rings (SSSR count). The summed E-state index contributed by atoms with van der Waals surface area (Å²) in [4.78, 5) is 33.8. The smallest absolute Gasteiger partial charge is 0.264 e. The Balaban J connectivity index is 1.60. The number of rotatable bonds is 3. The minimum absolute atomic E-state index is 0.0790. The molecule has 1 fully saturated rings. The molecule has 0 atom stereocenters. The Morgan fingerprint density at radius 3 is 2.62 bits per heavy atom. The molecule has 0 saturated carbocycles. The van der Waals surface area contributed by atoms with E-state index in [1.807, 2.05) is 46.4 Å². The summed E-state index contributed by atoms with van der Waals surface area (Å²) in [5.74, 6) is 0.164. The Kier molecular flexibility index (Phi) is 5.25. The highest BCUT2D eigenvalue weighted by Gasteiger charge is 2.24. The third kappa shape index (κ3) is 3.82. The molecule has 0 radical (unpaired) electrons. The first kappa shape index (κ1) is 16.6. The molecule has 2 amide bonds. The highest BCUT2D eigenvalue weighted by molar-refractivity contribution is 7.12. The number of thiophene rings is 1. The van der Waals surface area contributed by atoms with E-state index in [2.05, 4.69) is 4.98 Å². The van der Waals surface area contributed by atoms with E-state index in [1.165, 1.54) is 11.3 Å². The Labute approximate surface area is 145 Å². The molecule has 3 heterocycles. The number of hydrogen-bond acceptors (Lipinski definition) is 4. The zero-order valence-corrected chi connectivity index (χ0v) is 14.6. The van der Waals surface area contributed by atoms with Crippen LogP contribution in [0.5, 0.6) is 0 Å². The molecular formula is C18H21N3O2S. The number of carbonyl (C=O) groups is 2. The highest BCUT2D eigenvalue weighted by Crippen LogP contribution is 2.19. The van der Waals surface area contributed by atoms with Crippen LogP contribution in [0.4, 0.5) is 0 Å². The second-order valence-electron chi connectivity index (χ2n) is 5.96. The Morgan fingerprint density at radius 2 is 1.92 bits per heavy atom. The Bertz CT molecular complexity index is 714. The van der Waals surface area contributed by atoms with Crippen LogP contribution in [0.25, 0.3) is 0 Å². The van der Waals surface area contributed by atoms with Gasteiger partial charge in [-0.05, 0) is 42.5 Å². The number of nitrogens with zero attached hydrogens (tertiary/aromatic N) is 3. The standard InChI is InChI=1S/C18H21N3O2S/c1-14-6-12-24-17(14)18(23)21-9-4-8-20(10-11-21)16(22)13-15-5-2-3-7-19-15/h2-3,5-7,12H,4,8-11,13H2,1H3. The summed E-state index contributed by atoms with van der Waals surface area (Å²) >= 11 is 1.49. The van der Waals surface area contributed by atoms with Crippen LogP contribution in [0.1, 0.15) is 27.3 Å². The number of carbonyl (C=O) groups excluding carboxylic acids is 2. The second-order valence-corrected chi connectivity index (χ2v) is 6.87. The lowest BCUT2D eigenvalue weighted by Gasteiger charge is -2.22. The quantitative estimate of drug-likeness (QED) is 0.860. The third-order valence-electron chi connectivity index (χ3n) is 4.25. The summed E-state index contributed by atoms with van der Waals surface area (Å²) in [6, 6.07) is 7.57. The van der Waals surface area contributed by atoms with Crippen LogP contribution in [-0.4, -0.2) is 52.8 Å². The van der Waals surface area contributed by atoms with Gasteiger partial charge in [-0.25, -0.2) is 0 Å². The molecule has 0 unspecified atom stereocenters. The van der Waals surface area contributed by atoms with Gasteiger partial charge in [-0.3, -0.25) is 14.6 Å². The lowest BCUT2D eigenvalue weighted by atomic mass is 10.2. The Hall–Kier alpha value is -2.21. The zero-order valence-electron chi connectivity index (χ0n) is 13.8. The lowest BCUT2D eigenvalue weighted by molar-refractivity contribution is -0.130. The monoisotopic (exact) mass is 343 g/mol. The van der Waals surface area contributed by atoms with E-state index in [4.69, 9.17) is 0 Å². The Morgan fingerprint density at radius 1 is 1.12 bits per heavy atom. The minimum atomic E-state index is 0.0790. The normalized spacial score (nSPS) is 15.2. The van der Waals surface area contributed by atoms with Crippen LogP contribution in [0.3, 0.4) is 0 Å². The number of amides is 2. The number of aryl methyl sites for hydroxylation is 1. The van der Waals surface area contributed by atoms with Gasteiger partial charge in [-0.2, -0.15) is 0 Å². The van der Waals surface area contributed by atoms with Gasteiger partial charge in [0.05, 0.1) is 11.3 Å². The van der Waals surface area contributed by atoms with Crippen molar-refractivity contribution in [2.75, 3.05) is 26.2 Å². The predicted octanol–water partition coefficient (Wildman–Crippen LogP) is 2.37. The molecular weight excluding hydrogens is 322 g/mol. The van der Waals surface area contributed by atoms with Crippen molar-refractivity contribution < 1.29 is 9.59 Å². The van der Waals surface area contributed by atoms with Crippen molar-refractivity contribution in [2.24, 2.45) is 0 Å². The predicted molar refractivity (Wildman–Crippen MR) is 94.1 cm³/mol. The van der Waals surface area contributed by atoms with Crippen LogP contribution in [0, 0.1) is 6.92 Å². The molecule has 1 saturated heterocycles. The summed E-state index contributed by atoms with van der Waals surface area (Å²) < 4.78 is 0. The average molecular weight is 343 g/mol. The van der Waals surface area contributed by atoms with Crippen molar-refractivity contribution in [3.05, 3.63) is 52.0 Å². The number of hydrogen-bond donors (Lipinski definition) is 0. The summed E-state index contributed by atoms with van der Waals surface area (Å²) in [6.07, 6.45) is 2.83. The SMILES string of the molecule is Cc1ccsc1C(=O)N1CCCN(C(=O)Cc2ccccn2)CC1. The average Bonchev–Trinajstić information content (AvgIpc) is 2.87. The first-order valence-electron chi connectivity index (χ1n) is 8.16. The fourth-order valence-electron chi connectivity index (χ4n) is 2.87. The number of pyridine rings is 1. The summed E-state index contributed by atoms with van der Waals surface area (Å²) in [6.45, 7) is 4.53. The summed E-state index contributed by atoms with van der Waals surface area (Å²) in [5.41, 5.74) is 1.81. The van der Waals surface area contributed by atoms with Crippen LogP contribution in [-0.2, 0) is 11.2 Å². The van der Waals surface area contributed by atoms with Gasteiger partial charge in [0, 0.05) is 38.1 Å². The van der Waals surface area contributed by atoms with Gasteiger partial charge >= 0.3 is 0 Å². The van der Waals surface area contributed by atoms with Crippen molar-refractivity contribution >= 4 is 23.2 Å². The summed E-state index contributed by atoms with van der Waals surface area (Å²) in [5, 5.41) is 1.95. The van der Waals surface area contributed by atoms with E-state index in [0.29, 0.717) is 32.6 Å². The van der Waals surface area contributed by atoms with E-state index in [0.717, 1.165) is 22.6 Å². The van der Waals surface area contributed by atoms with Gasteiger partial charge in [0.2, 0.25) is 5.91 Å². The van der Waals surface area contributed by atoms with Crippen LogP contribution < -0.4 is 0 Å². The first-order valence-corrected chi connectivity index (χ1v) is 9.04. The largest absolute Gasteiger partial charge is 0.341 e. The second kappa shape index (κ2) is 7.57. The van der Waals surface area contributed by atoms with Crippen LogP contribution >= 0.6 is 11.3 Å². The van der Waals surface area contributed by atoms with E-state index in [1.54, 1.807) is 6.20 Å². The highest BCUT2D eigenvalue weighted by atomic mass is 32.1. The third-order valence-corrected chi connectivity index (χ3v) is 5.26. The number of aromatic nitrogens is 1. The van der Waals surface area contributed by atoms with Crippen molar-refractivity contribution in [1.29, 1.82) is 0 Å². The molecule has 2 aromatic heterocycles. The maximum absolute atomic E-state index is 12.6. The van der Waals surface area contributed by atoms with Gasteiger partial charge in [0.25, 0.3) is 5.91 Å². The van der Waals surface area contributed by atoms with Crippen molar-refractivity contribution in [1.82, 2.24) is 14.8 Å².